The van der Waals surface area contributed by atoms with Crippen molar-refractivity contribution in [1.29, 1.82) is 0 Å². The molecule has 0 saturated carbocycles. The molecule has 0 bridgehead atoms. The van der Waals surface area contributed by atoms with Crippen LogP contribution < -0.4 is 0 Å². The Labute approximate surface area is 123 Å². The number of benzene rings is 2. The van der Waals surface area contributed by atoms with Gasteiger partial charge >= 0.3 is 0 Å². The molecule has 0 fully saturated rings. The van der Waals surface area contributed by atoms with Crippen molar-refractivity contribution in [2.45, 2.75) is 24.2 Å². The van der Waals surface area contributed by atoms with Crippen molar-refractivity contribution < 1.29 is 18.3 Å². The Balaban J connectivity index is 1.97. The molecule has 21 heavy (non-hydrogen) atoms. The fourth-order valence-corrected chi connectivity index (χ4v) is 3.15. The number of aliphatic hydroxyl groups is 1. The molecule has 1 unspecified atom stereocenters. The van der Waals surface area contributed by atoms with Gasteiger partial charge in [-0.3, -0.25) is 0 Å². The molecular weight excluding hydrogens is 288 g/mol. The van der Waals surface area contributed by atoms with Gasteiger partial charge in [0, 0.05) is 6.26 Å². The summed E-state index contributed by atoms with van der Waals surface area (Å²) >= 11 is 0. The molecule has 3 rings (SSSR count). The lowest BCUT2D eigenvalue weighted by atomic mass is 9.98. The van der Waals surface area contributed by atoms with Crippen LogP contribution in [0.15, 0.2) is 47.4 Å². The minimum absolute atomic E-state index is 0.212. The molecule has 0 saturated heterocycles. The maximum atomic E-state index is 11.6. The largest absolute Gasteiger partial charge is 0.384 e. The average molecular weight is 304 g/mol. The third-order valence-electron chi connectivity index (χ3n) is 3.66. The number of fused-ring (bicyclic) bond motifs is 1. The standard InChI is InChI=1S/C16H16O4S/c1-21(18,19)15-4-2-3-11(8-15)16(17)12-5-6-13-9-20-10-14(13)7-12/h2-8,16-17H,9-10H2,1H3. The van der Waals surface area contributed by atoms with Crippen LogP contribution in [0.2, 0.25) is 0 Å². The molecule has 2 aromatic carbocycles. The van der Waals surface area contributed by atoms with Crippen LogP contribution in [0.4, 0.5) is 0 Å². The van der Waals surface area contributed by atoms with Gasteiger partial charge in [-0.25, -0.2) is 8.42 Å². The summed E-state index contributed by atoms with van der Waals surface area (Å²) < 4.78 is 28.6. The predicted molar refractivity (Wildman–Crippen MR) is 78.5 cm³/mol. The van der Waals surface area contributed by atoms with Crippen LogP contribution in [-0.2, 0) is 27.8 Å². The summed E-state index contributed by atoms with van der Waals surface area (Å²) in [4.78, 5) is 0.212. The molecule has 0 amide bonds. The minimum Gasteiger partial charge on any atom is -0.384 e. The molecule has 0 spiro atoms. The van der Waals surface area contributed by atoms with Gasteiger partial charge < -0.3 is 9.84 Å². The molecule has 0 aliphatic carbocycles. The van der Waals surface area contributed by atoms with E-state index in [0.717, 1.165) is 22.9 Å². The summed E-state index contributed by atoms with van der Waals surface area (Å²) in [7, 11) is -3.28. The summed E-state index contributed by atoms with van der Waals surface area (Å²) in [6.07, 6.45) is 0.309. The molecule has 110 valence electrons. The van der Waals surface area contributed by atoms with E-state index in [-0.39, 0.29) is 4.90 Å². The van der Waals surface area contributed by atoms with E-state index >= 15 is 0 Å². The second kappa shape index (κ2) is 5.26. The van der Waals surface area contributed by atoms with Crippen molar-refractivity contribution in [2.24, 2.45) is 0 Å². The van der Waals surface area contributed by atoms with Crippen LogP contribution in [0.3, 0.4) is 0 Å². The number of ether oxygens (including phenoxy) is 1. The first kappa shape index (κ1) is 14.3. The molecule has 0 aromatic heterocycles. The third-order valence-corrected chi connectivity index (χ3v) is 4.77. The van der Waals surface area contributed by atoms with Crippen molar-refractivity contribution >= 4 is 9.84 Å². The van der Waals surface area contributed by atoms with E-state index in [0.29, 0.717) is 18.8 Å². The van der Waals surface area contributed by atoms with E-state index in [4.69, 9.17) is 4.74 Å². The average Bonchev–Trinajstić information content (AvgIpc) is 2.93. The van der Waals surface area contributed by atoms with Gasteiger partial charge in [0.2, 0.25) is 0 Å². The van der Waals surface area contributed by atoms with Gasteiger partial charge in [0.25, 0.3) is 0 Å². The summed E-state index contributed by atoms with van der Waals surface area (Å²) in [5.41, 5.74) is 3.52. The van der Waals surface area contributed by atoms with Crippen LogP contribution in [-0.4, -0.2) is 19.8 Å². The van der Waals surface area contributed by atoms with Gasteiger partial charge in [-0.2, -0.15) is 0 Å². The highest BCUT2D eigenvalue weighted by molar-refractivity contribution is 7.90. The maximum Gasteiger partial charge on any atom is 0.175 e. The summed E-state index contributed by atoms with van der Waals surface area (Å²) in [5, 5.41) is 10.5. The monoisotopic (exact) mass is 304 g/mol. The fraction of sp³-hybridized carbons (Fsp3) is 0.250. The fourth-order valence-electron chi connectivity index (χ4n) is 2.47. The molecule has 2 aromatic rings. The van der Waals surface area contributed by atoms with Gasteiger partial charge in [0.15, 0.2) is 9.84 Å². The quantitative estimate of drug-likeness (QED) is 0.944. The van der Waals surface area contributed by atoms with E-state index in [9.17, 15) is 13.5 Å². The lowest BCUT2D eigenvalue weighted by Crippen LogP contribution is -2.03. The highest BCUT2D eigenvalue weighted by Gasteiger charge is 2.17. The van der Waals surface area contributed by atoms with E-state index in [1.165, 1.54) is 12.1 Å². The summed E-state index contributed by atoms with van der Waals surface area (Å²) in [6.45, 7) is 1.16. The second-order valence-corrected chi connectivity index (χ2v) is 7.28. The Kier molecular flexibility index (Phi) is 3.57. The zero-order valence-electron chi connectivity index (χ0n) is 11.6. The third kappa shape index (κ3) is 2.85. The predicted octanol–water partition coefficient (Wildman–Crippen LogP) is 2.20. The van der Waals surface area contributed by atoms with Crippen LogP contribution in [0.25, 0.3) is 0 Å². The molecule has 5 heteroatoms. The van der Waals surface area contributed by atoms with Crippen LogP contribution in [0.1, 0.15) is 28.4 Å². The maximum absolute atomic E-state index is 11.6. The summed E-state index contributed by atoms with van der Waals surface area (Å²) in [5.74, 6) is 0. The summed E-state index contributed by atoms with van der Waals surface area (Å²) in [6, 6.07) is 12.1. The number of aliphatic hydroxyl groups excluding tert-OH is 1. The highest BCUT2D eigenvalue weighted by Crippen LogP contribution is 2.28. The van der Waals surface area contributed by atoms with Crippen molar-refractivity contribution in [2.75, 3.05) is 6.26 Å². The highest BCUT2D eigenvalue weighted by atomic mass is 32.2. The molecule has 4 nitrogen and oxygen atoms in total. The normalized spacial score (nSPS) is 15.7. The van der Waals surface area contributed by atoms with E-state index < -0.39 is 15.9 Å². The van der Waals surface area contributed by atoms with E-state index in [1.807, 2.05) is 18.2 Å². The smallest absolute Gasteiger partial charge is 0.175 e. The Bertz CT molecular complexity index is 781. The van der Waals surface area contributed by atoms with Gasteiger partial charge in [-0.1, -0.05) is 30.3 Å². The van der Waals surface area contributed by atoms with E-state index in [1.54, 1.807) is 12.1 Å². The first-order valence-electron chi connectivity index (χ1n) is 6.63. The van der Waals surface area contributed by atoms with Gasteiger partial charge in [0.1, 0.15) is 6.10 Å². The Morgan fingerprint density at radius 2 is 1.76 bits per heavy atom. The van der Waals surface area contributed by atoms with Crippen molar-refractivity contribution in [1.82, 2.24) is 0 Å². The van der Waals surface area contributed by atoms with Gasteiger partial charge in [-0.05, 0) is 34.4 Å². The molecule has 1 aliphatic rings. The molecule has 1 N–H and O–H groups in total. The Hall–Kier alpha value is -1.69. The van der Waals surface area contributed by atoms with Crippen LogP contribution in [0, 0.1) is 0 Å². The lowest BCUT2D eigenvalue weighted by Gasteiger charge is -2.13. The number of hydrogen-bond acceptors (Lipinski definition) is 4. The first-order valence-corrected chi connectivity index (χ1v) is 8.52. The van der Waals surface area contributed by atoms with E-state index in [2.05, 4.69) is 0 Å². The minimum atomic E-state index is -3.28. The van der Waals surface area contributed by atoms with Crippen molar-refractivity contribution in [3.05, 3.63) is 64.7 Å². The van der Waals surface area contributed by atoms with Crippen LogP contribution >= 0.6 is 0 Å². The zero-order valence-corrected chi connectivity index (χ0v) is 12.4. The molecule has 1 aliphatic heterocycles. The number of sulfone groups is 1. The Morgan fingerprint density at radius 3 is 2.52 bits per heavy atom. The molecule has 1 heterocycles. The topological polar surface area (TPSA) is 63.6 Å². The zero-order chi connectivity index (χ0) is 15.0. The second-order valence-electron chi connectivity index (χ2n) is 5.27. The number of hydrogen-bond donors (Lipinski definition) is 1. The first-order chi connectivity index (χ1) is 9.95. The van der Waals surface area contributed by atoms with Crippen molar-refractivity contribution in [3.8, 4) is 0 Å². The van der Waals surface area contributed by atoms with Crippen LogP contribution in [0.5, 0.6) is 0 Å². The molecular formula is C16H16O4S. The SMILES string of the molecule is CS(=O)(=O)c1cccc(C(O)c2ccc3c(c2)COC3)c1. The molecule has 0 radical (unpaired) electrons. The van der Waals surface area contributed by atoms with Gasteiger partial charge in [-0.15, -0.1) is 0 Å². The Morgan fingerprint density at radius 1 is 1.05 bits per heavy atom. The number of rotatable bonds is 3. The van der Waals surface area contributed by atoms with Crippen molar-refractivity contribution in [3.63, 3.8) is 0 Å². The molecule has 1 atom stereocenters. The van der Waals surface area contributed by atoms with Gasteiger partial charge in [0.05, 0.1) is 18.1 Å². The lowest BCUT2D eigenvalue weighted by molar-refractivity contribution is 0.134.